The lowest BCUT2D eigenvalue weighted by atomic mass is 10.1. The number of nitrogens with zero attached hydrogens (tertiary/aromatic N) is 1. The van der Waals surface area contributed by atoms with Gasteiger partial charge >= 0.3 is 5.97 Å². The highest BCUT2D eigenvalue weighted by molar-refractivity contribution is 9.10. The minimum absolute atomic E-state index is 0.255. The maximum atomic E-state index is 11.1. The smallest absolute Gasteiger partial charge is 0.352 e. The molecule has 0 atom stereocenters. The van der Waals surface area contributed by atoms with Crippen LogP contribution in [-0.2, 0) is 6.42 Å². The number of rotatable bonds is 3. The Bertz CT molecular complexity index is 560. The normalized spacial score (nSPS) is 10.5. The summed E-state index contributed by atoms with van der Waals surface area (Å²) >= 11 is 3.30. The van der Waals surface area contributed by atoms with E-state index in [0.29, 0.717) is 0 Å². The minimum atomic E-state index is -0.933. The molecule has 2 aromatic rings. The zero-order valence-corrected chi connectivity index (χ0v) is 10.9. The Labute approximate surface area is 108 Å². The molecule has 1 N–H and O–H groups in total. The monoisotopic (exact) mass is 293 g/mol. The highest BCUT2D eigenvalue weighted by Crippen LogP contribution is 2.20. The van der Waals surface area contributed by atoms with Crippen LogP contribution >= 0.6 is 15.9 Å². The molecule has 0 aliphatic carbocycles. The maximum absolute atomic E-state index is 11.1. The first kappa shape index (κ1) is 11.9. The first-order valence-corrected chi connectivity index (χ1v) is 6.11. The molecule has 1 aromatic heterocycles. The first-order chi connectivity index (χ1) is 8.11. The van der Waals surface area contributed by atoms with Gasteiger partial charge in [-0.2, -0.15) is 0 Å². The van der Waals surface area contributed by atoms with Gasteiger partial charge in [0, 0.05) is 16.4 Å². The van der Waals surface area contributed by atoms with Gasteiger partial charge in [0.15, 0.2) is 0 Å². The Morgan fingerprint density at radius 3 is 2.82 bits per heavy atom. The van der Waals surface area contributed by atoms with Crippen LogP contribution in [0.5, 0.6) is 0 Å². The second-order valence-corrected chi connectivity index (χ2v) is 4.66. The van der Waals surface area contributed by atoms with Crippen molar-refractivity contribution in [1.82, 2.24) is 4.57 Å². The zero-order chi connectivity index (χ0) is 12.4. The minimum Gasteiger partial charge on any atom is -0.477 e. The molecular weight excluding hydrogens is 282 g/mol. The van der Waals surface area contributed by atoms with Gasteiger partial charge in [-0.3, -0.25) is 0 Å². The topological polar surface area (TPSA) is 42.2 Å². The molecule has 0 amide bonds. The highest BCUT2D eigenvalue weighted by Gasteiger charge is 2.12. The first-order valence-electron chi connectivity index (χ1n) is 5.32. The summed E-state index contributed by atoms with van der Waals surface area (Å²) < 4.78 is 2.43. The standard InChI is InChI=1S/C13H12BrNO2/c1-2-9-4-3-5-11(6-9)15-8-10(14)7-12(15)13(16)17/h3-8H,2H2,1H3,(H,16,17). The van der Waals surface area contributed by atoms with Crippen molar-refractivity contribution in [3.63, 3.8) is 0 Å². The third kappa shape index (κ3) is 2.42. The van der Waals surface area contributed by atoms with E-state index in [2.05, 4.69) is 22.9 Å². The number of aromatic carboxylic acids is 1. The van der Waals surface area contributed by atoms with E-state index in [-0.39, 0.29) is 5.69 Å². The van der Waals surface area contributed by atoms with Crippen molar-refractivity contribution in [3.05, 3.63) is 52.3 Å². The van der Waals surface area contributed by atoms with Gasteiger partial charge in [0.05, 0.1) is 0 Å². The van der Waals surface area contributed by atoms with Crippen molar-refractivity contribution < 1.29 is 9.90 Å². The molecule has 0 saturated heterocycles. The zero-order valence-electron chi connectivity index (χ0n) is 9.35. The van der Waals surface area contributed by atoms with Crippen LogP contribution in [0.1, 0.15) is 23.0 Å². The number of aromatic nitrogens is 1. The maximum Gasteiger partial charge on any atom is 0.352 e. The van der Waals surface area contributed by atoms with E-state index in [0.717, 1.165) is 16.6 Å². The largest absolute Gasteiger partial charge is 0.477 e. The average Bonchev–Trinajstić information content (AvgIpc) is 2.72. The Balaban J connectivity index is 2.55. The molecule has 0 fully saturated rings. The number of hydrogen-bond acceptors (Lipinski definition) is 1. The number of carboxylic acids is 1. The van der Waals surface area contributed by atoms with Crippen LogP contribution in [0.25, 0.3) is 5.69 Å². The molecule has 0 unspecified atom stereocenters. The van der Waals surface area contributed by atoms with Crippen LogP contribution < -0.4 is 0 Å². The van der Waals surface area contributed by atoms with Gasteiger partial charge in [-0.05, 0) is 46.1 Å². The van der Waals surface area contributed by atoms with Crippen molar-refractivity contribution in [1.29, 1.82) is 0 Å². The molecule has 0 aliphatic rings. The van der Waals surface area contributed by atoms with E-state index >= 15 is 0 Å². The third-order valence-electron chi connectivity index (χ3n) is 2.60. The molecule has 0 saturated carbocycles. The van der Waals surface area contributed by atoms with E-state index in [9.17, 15) is 4.79 Å². The van der Waals surface area contributed by atoms with Gasteiger partial charge in [-0.1, -0.05) is 19.1 Å². The number of hydrogen-bond donors (Lipinski definition) is 1. The Morgan fingerprint density at radius 1 is 1.41 bits per heavy atom. The molecule has 2 rings (SSSR count). The van der Waals surface area contributed by atoms with Crippen molar-refractivity contribution in [2.75, 3.05) is 0 Å². The predicted molar refractivity (Wildman–Crippen MR) is 69.8 cm³/mol. The average molecular weight is 294 g/mol. The number of benzene rings is 1. The summed E-state index contributed by atoms with van der Waals surface area (Å²) in [6.45, 7) is 2.07. The summed E-state index contributed by atoms with van der Waals surface area (Å²) in [5.41, 5.74) is 2.31. The molecule has 4 heteroatoms. The number of carboxylic acid groups (broad SMARTS) is 1. The van der Waals surface area contributed by atoms with Crippen LogP contribution in [0.4, 0.5) is 0 Å². The molecule has 0 aliphatic heterocycles. The quantitative estimate of drug-likeness (QED) is 0.941. The Morgan fingerprint density at radius 2 is 2.18 bits per heavy atom. The van der Waals surface area contributed by atoms with Gasteiger partial charge in [-0.15, -0.1) is 0 Å². The second kappa shape index (κ2) is 4.75. The summed E-state index contributed by atoms with van der Waals surface area (Å²) in [7, 11) is 0. The van der Waals surface area contributed by atoms with Crippen LogP contribution in [0.3, 0.4) is 0 Å². The molecule has 0 radical (unpaired) electrons. The van der Waals surface area contributed by atoms with Crippen LogP contribution in [0.2, 0.25) is 0 Å². The van der Waals surface area contributed by atoms with E-state index < -0.39 is 5.97 Å². The summed E-state index contributed by atoms with van der Waals surface area (Å²) in [4.78, 5) is 11.1. The molecule has 88 valence electrons. The van der Waals surface area contributed by atoms with Crippen LogP contribution in [-0.4, -0.2) is 15.6 Å². The third-order valence-corrected chi connectivity index (χ3v) is 3.04. The number of halogens is 1. The van der Waals surface area contributed by atoms with Gasteiger partial charge in [0.2, 0.25) is 0 Å². The number of carbonyl (C=O) groups is 1. The van der Waals surface area contributed by atoms with Crippen LogP contribution in [0.15, 0.2) is 41.0 Å². The van der Waals surface area contributed by atoms with Crippen molar-refractivity contribution in [2.45, 2.75) is 13.3 Å². The fourth-order valence-corrected chi connectivity index (χ4v) is 2.16. The molecule has 3 nitrogen and oxygen atoms in total. The Hall–Kier alpha value is -1.55. The van der Waals surface area contributed by atoms with Crippen molar-refractivity contribution in [2.24, 2.45) is 0 Å². The molecule has 0 spiro atoms. The van der Waals surface area contributed by atoms with E-state index in [4.69, 9.17) is 5.11 Å². The lowest BCUT2D eigenvalue weighted by Crippen LogP contribution is -2.05. The van der Waals surface area contributed by atoms with E-state index in [1.165, 1.54) is 5.56 Å². The van der Waals surface area contributed by atoms with Crippen LogP contribution in [0, 0.1) is 0 Å². The Kier molecular flexibility index (Phi) is 3.33. The van der Waals surface area contributed by atoms with E-state index in [1.807, 2.05) is 24.3 Å². The lowest BCUT2D eigenvalue weighted by Gasteiger charge is -2.07. The summed E-state index contributed by atoms with van der Waals surface area (Å²) in [6.07, 6.45) is 2.69. The van der Waals surface area contributed by atoms with E-state index in [1.54, 1.807) is 16.8 Å². The number of aryl methyl sites for hydroxylation is 1. The van der Waals surface area contributed by atoms with Gasteiger partial charge < -0.3 is 9.67 Å². The summed E-state index contributed by atoms with van der Waals surface area (Å²) in [5.74, 6) is -0.933. The fraction of sp³-hybridized carbons (Fsp3) is 0.154. The fourth-order valence-electron chi connectivity index (χ4n) is 1.73. The lowest BCUT2D eigenvalue weighted by molar-refractivity contribution is 0.0688. The van der Waals surface area contributed by atoms with Gasteiger partial charge in [-0.25, -0.2) is 4.79 Å². The molecular formula is C13H12BrNO2. The van der Waals surface area contributed by atoms with Gasteiger partial charge in [0.1, 0.15) is 5.69 Å². The molecule has 0 bridgehead atoms. The molecule has 1 aromatic carbocycles. The second-order valence-electron chi connectivity index (χ2n) is 3.74. The molecule has 1 heterocycles. The molecule has 17 heavy (non-hydrogen) atoms. The van der Waals surface area contributed by atoms with Crippen molar-refractivity contribution >= 4 is 21.9 Å². The summed E-state index contributed by atoms with van der Waals surface area (Å²) in [5, 5.41) is 9.13. The van der Waals surface area contributed by atoms with Crippen molar-refractivity contribution in [3.8, 4) is 5.69 Å². The SMILES string of the molecule is CCc1cccc(-n2cc(Br)cc2C(=O)O)c1. The predicted octanol–water partition coefficient (Wildman–Crippen LogP) is 3.50. The van der Waals surface area contributed by atoms with Gasteiger partial charge in [0.25, 0.3) is 0 Å². The highest BCUT2D eigenvalue weighted by atomic mass is 79.9. The summed E-state index contributed by atoms with van der Waals surface area (Å²) in [6, 6.07) is 9.47.